The fourth-order valence-electron chi connectivity index (χ4n) is 1.69. The summed E-state index contributed by atoms with van der Waals surface area (Å²) in [6.45, 7) is 11.1. The molecule has 0 heterocycles. The maximum absolute atomic E-state index is 3.56. The van der Waals surface area contributed by atoms with Crippen LogP contribution in [0.1, 0.15) is 47.0 Å². The Labute approximate surface area is 88.8 Å². The molecule has 2 heteroatoms. The van der Waals surface area contributed by atoms with Crippen LogP contribution in [-0.2, 0) is 0 Å². The van der Waals surface area contributed by atoms with Gasteiger partial charge in [0.25, 0.3) is 0 Å². The van der Waals surface area contributed by atoms with Crippen molar-refractivity contribution in [3.63, 3.8) is 0 Å². The van der Waals surface area contributed by atoms with E-state index in [-0.39, 0.29) is 5.54 Å². The quantitative estimate of drug-likeness (QED) is 0.639. The van der Waals surface area contributed by atoms with Gasteiger partial charge in [-0.2, -0.15) is 0 Å². The Morgan fingerprint density at radius 1 is 1.21 bits per heavy atom. The highest BCUT2D eigenvalue weighted by molar-refractivity contribution is 4.78. The van der Waals surface area contributed by atoms with Gasteiger partial charge in [0.2, 0.25) is 0 Å². The molecule has 1 saturated carbocycles. The summed E-state index contributed by atoms with van der Waals surface area (Å²) in [5.74, 6) is 1.04. The molecule has 14 heavy (non-hydrogen) atoms. The highest BCUT2D eigenvalue weighted by atomic mass is 15.0. The molecule has 0 amide bonds. The topological polar surface area (TPSA) is 24.1 Å². The maximum Gasteiger partial charge on any atom is 0.00970 e. The minimum atomic E-state index is 0.251. The molecule has 1 aliphatic rings. The zero-order valence-electron chi connectivity index (χ0n) is 10.2. The summed E-state index contributed by atoms with van der Waals surface area (Å²) in [5, 5.41) is 7.05. The normalized spacial score (nSPS) is 19.7. The molecule has 1 rings (SSSR count). The predicted octanol–water partition coefficient (Wildman–Crippen LogP) is 2.15. The number of hydrogen-bond donors (Lipinski definition) is 2. The van der Waals surface area contributed by atoms with Crippen LogP contribution in [0.3, 0.4) is 0 Å². The maximum atomic E-state index is 3.56. The van der Waals surface area contributed by atoms with Crippen molar-refractivity contribution >= 4 is 0 Å². The Bertz CT molecular complexity index is 156. The number of hydrogen-bond acceptors (Lipinski definition) is 2. The van der Waals surface area contributed by atoms with Crippen LogP contribution in [0.5, 0.6) is 0 Å². The molecule has 1 atom stereocenters. The van der Waals surface area contributed by atoms with Crippen molar-refractivity contribution in [2.24, 2.45) is 5.92 Å². The molecule has 0 bridgehead atoms. The fraction of sp³-hybridized carbons (Fsp3) is 1.00. The van der Waals surface area contributed by atoms with Crippen LogP contribution >= 0.6 is 0 Å². The van der Waals surface area contributed by atoms with Crippen LogP contribution in [0.4, 0.5) is 0 Å². The van der Waals surface area contributed by atoms with E-state index in [2.05, 4.69) is 38.3 Å². The first-order chi connectivity index (χ1) is 6.47. The highest BCUT2D eigenvalue weighted by Gasteiger charge is 2.23. The van der Waals surface area contributed by atoms with Crippen molar-refractivity contribution < 1.29 is 0 Å². The standard InChI is InChI=1S/C12H26N2/c1-10(9-11-5-6-11)13-7-8-14-12(2,3)4/h10-11,13-14H,5-9H2,1-4H3. The molecule has 0 saturated heterocycles. The molecule has 0 spiro atoms. The zero-order chi connectivity index (χ0) is 10.6. The molecule has 0 aromatic rings. The van der Waals surface area contributed by atoms with E-state index >= 15 is 0 Å². The lowest BCUT2D eigenvalue weighted by atomic mass is 10.1. The molecule has 1 aliphatic carbocycles. The number of rotatable bonds is 6. The Kier molecular flexibility index (Phi) is 4.39. The van der Waals surface area contributed by atoms with Gasteiger partial charge < -0.3 is 10.6 Å². The Morgan fingerprint density at radius 2 is 1.86 bits per heavy atom. The summed E-state index contributed by atoms with van der Waals surface area (Å²) < 4.78 is 0. The highest BCUT2D eigenvalue weighted by Crippen LogP contribution is 2.33. The summed E-state index contributed by atoms with van der Waals surface area (Å²) in [7, 11) is 0. The fourth-order valence-corrected chi connectivity index (χ4v) is 1.69. The van der Waals surface area contributed by atoms with Gasteiger partial charge in [-0.25, -0.2) is 0 Å². The predicted molar refractivity (Wildman–Crippen MR) is 62.6 cm³/mol. The molecule has 0 radical (unpaired) electrons. The second kappa shape index (κ2) is 5.13. The van der Waals surface area contributed by atoms with Crippen LogP contribution in [0.2, 0.25) is 0 Å². The molecule has 0 aromatic heterocycles. The molecule has 1 fully saturated rings. The van der Waals surface area contributed by atoms with E-state index in [1.54, 1.807) is 0 Å². The Morgan fingerprint density at radius 3 is 2.36 bits per heavy atom. The van der Waals surface area contributed by atoms with Crippen molar-refractivity contribution in [3.8, 4) is 0 Å². The van der Waals surface area contributed by atoms with E-state index in [1.807, 2.05) is 0 Å². The average Bonchev–Trinajstić information content (AvgIpc) is 2.80. The molecular weight excluding hydrogens is 172 g/mol. The summed E-state index contributed by atoms with van der Waals surface area (Å²) >= 11 is 0. The first-order valence-electron chi connectivity index (χ1n) is 5.96. The molecule has 1 unspecified atom stereocenters. The third kappa shape index (κ3) is 6.39. The lowest BCUT2D eigenvalue weighted by Gasteiger charge is -2.21. The minimum absolute atomic E-state index is 0.251. The second-order valence-electron chi connectivity index (χ2n) is 5.71. The zero-order valence-corrected chi connectivity index (χ0v) is 10.2. The van der Waals surface area contributed by atoms with Gasteiger partial charge in [-0.1, -0.05) is 12.8 Å². The van der Waals surface area contributed by atoms with Gasteiger partial charge >= 0.3 is 0 Å². The van der Waals surface area contributed by atoms with Crippen LogP contribution in [0.25, 0.3) is 0 Å². The molecule has 0 aliphatic heterocycles. The summed E-state index contributed by atoms with van der Waals surface area (Å²) in [4.78, 5) is 0. The van der Waals surface area contributed by atoms with E-state index in [0.29, 0.717) is 6.04 Å². The Hall–Kier alpha value is -0.0800. The minimum Gasteiger partial charge on any atom is -0.313 e. The van der Waals surface area contributed by atoms with Crippen LogP contribution in [0.15, 0.2) is 0 Å². The van der Waals surface area contributed by atoms with Gasteiger partial charge in [0.05, 0.1) is 0 Å². The van der Waals surface area contributed by atoms with E-state index in [1.165, 1.54) is 19.3 Å². The molecule has 2 N–H and O–H groups in total. The third-order valence-corrected chi connectivity index (χ3v) is 2.66. The molecule has 2 nitrogen and oxygen atoms in total. The largest absolute Gasteiger partial charge is 0.313 e. The SMILES string of the molecule is CC(CC1CC1)NCCNC(C)(C)C. The summed E-state index contributed by atoms with van der Waals surface area (Å²) in [6.07, 6.45) is 4.30. The van der Waals surface area contributed by atoms with Gasteiger partial charge in [0, 0.05) is 24.7 Å². The van der Waals surface area contributed by atoms with Crippen molar-refractivity contribution in [1.82, 2.24) is 10.6 Å². The molecule has 84 valence electrons. The van der Waals surface area contributed by atoms with E-state index in [4.69, 9.17) is 0 Å². The number of nitrogens with one attached hydrogen (secondary N) is 2. The van der Waals surface area contributed by atoms with E-state index in [0.717, 1.165) is 19.0 Å². The first-order valence-corrected chi connectivity index (χ1v) is 5.96. The second-order valence-corrected chi connectivity index (χ2v) is 5.71. The van der Waals surface area contributed by atoms with Crippen molar-refractivity contribution in [2.45, 2.75) is 58.5 Å². The molecular formula is C12H26N2. The van der Waals surface area contributed by atoms with Crippen molar-refractivity contribution in [3.05, 3.63) is 0 Å². The summed E-state index contributed by atoms with van der Waals surface area (Å²) in [5.41, 5.74) is 0.251. The lowest BCUT2D eigenvalue weighted by molar-refractivity contribution is 0.405. The van der Waals surface area contributed by atoms with Gasteiger partial charge in [0.15, 0.2) is 0 Å². The monoisotopic (exact) mass is 198 g/mol. The van der Waals surface area contributed by atoms with Crippen LogP contribution < -0.4 is 10.6 Å². The van der Waals surface area contributed by atoms with Crippen molar-refractivity contribution in [2.75, 3.05) is 13.1 Å². The van der Waals surface area contributed by atoms with Gasteiger partial charge in [-0.15, -0.1) is 0 Å². The van der Waals surface area contributed by atoms with E-state index < -0.39 is 0 Å². The molecule has 0 aromatic carbocycles. The smallest absolute Gasteiger partial charge is 0.00970 e. The first kappa shape index (κ1) is 12.0. The van der Waals surface area contributed by atoms with Gasteiger partial charge in [-0.3, -0.25) is 0 Å². The Balaban J connectivity index is 1.91. The lowest BCUT2D eigenvalue weighted by Crippen LogP contribution is -2.41. The van der Waals surface area contributed by atoms with Gasteiger partial charge in [-0.05, 0) is 40.0 Å². The van der Waals surface area contributed by atoms with Crippen LogP contribution in [0, 0.1) is 5.92 Å². The third-order valence-electron chi connectivity index (χ3n) is 2.66. The van der Waals surface area contributed by atoms with Gasteiger partial charge in [0.1, 0.15) is 0 Å². The average molecular weight is 198 g/mol. The van der Waals surface area contributed by atoms with E-state index in [9.17, 15) is 0 Å². The summed E-state index contributed by atoms with van der Waals surface area (Å²) in [6, 6.07) is 0.698. The van der Waals surface area contributed by atoms with Crippen molar-refractivity contribution in [1.29, 1.82) is 0 Å². The van der Waals surface area contributed by atoms with Crippen LogP contribution in [-0.4, -0.2) is 24.7 Å².